The number of carbonyl (C=O) groups excluding carboxylic acids is 2. The van der Waals surface area contributed by atoms with Crippen LogP contribution in [0.1, 0.15) is 38.1 Å². The van der Waals surface area contributed by atoms with Crippen LogP contribution in [0.3, 0.4) is 0 Å². The van der Waals surface area contributed by atoms with Crippen molar-refractivity contribution in [1.82, 2.24) is 9.62 Å². The molecule has 3 aromatic rings. The van der Waals surface area contributed by atoms with E-state index in [0.717, 1.165) is 10.8 Å². The molecule has 0 unspecified atom stereocenters. The second kappa shape index (κ2) is 10.8. The van der Waals surface area contributed by atoms with Gasteiger partial charge in [-0.2, -0.15) is 4.31 Å². The predicted octanol–water partition coefficient (Wildman–Crippen LogP) is 4.26. The Labute approximate surface area is 201 Å². The van der Waals surface area contributed by atoms with Gasteiger partial charge in [0.1, 0.15) is 6.04 Å². The van der Waals surface area contributed by atoms with Gasteiger partial charge in [-0.3, -0.25) is 9.59 Å². The van der Waals surface area contributed by atoms with E-state index in [2.05, 4.69) is 10.6 Å². The lowest BCUT2D eigenvalue weighted by Gasteiger charge is -2.23. The maximum atomic E-state index is 13.1. The zero-order valence-electron chi connectivity index (χ0n) is 19.9. The third kappa shape index (κ3) is 5.46. The molecule has 1 atom stereocenters. The van der Waals surface area contributed by atoms with Crippen molar-refractivity contribution >= 4 is 38.3 Å². The number of amides is 2. The van der Waals surface area contributed by atoms with E-state index in [1.165, 1.54) is 28.6 Å². The first-order valence-electron chi connectivity index (χ1n) is 11.4. The summed E-state index contributed by atoms with van der Waals surface area (Å²) in [5, 5.41) is 7.61. The molecule has 2 amide bonds. The Morgan fingerprint density at radius 2 is 1.56 bits per heavy atom. The van der Waals surface area contributed by atoms with Crippen LogP contribution in [0.2, 0.25) is 0 Å². The smallest absolute Gasteiger partial charge is 0.251 e. The van der Waals surface area contributed by atoms with Crippen molar-refractivity contribution in [3.8, 4) is 0 Å². The van der Waals surface area contributed by atoms with E-state index in [9.17, 15) is 18.0 Å². The van der Waals surface area contributed by atoms with Gasteiger partial charge in [0.25, 0.3) is 5.91 Å². The number of nitrogens with zero attached hydrogens (tertiary/aromatic N) is 1. The first-order chi connectivity index (χ1) is 16.2. The highest BCUT2D eigenvalue weighted by molar-refractivity contribution is 7.89. The molecule has 0 aliphatic heterocycles. The highest BCUT2D eigenvalue weighted by atomic mass is 32.2. The Bertz CT molecular complexity index is 1280. The fourth-order valence-corrected chi connectivity index (χ4v) is 5.32. The van der Waals surface area contributed by atoms with Gasteiger partial charge in [0.2, 0.25) is 15.9 Å². The molecule has 3 aromatic carbocycles. The summed E-state index contributed by atoms with van der Waals surface area (Å²) < 4.78 is 27.0. The summed E-state index contributed by atoms with van der Waals surface area (Å²) in [6, 6.07) is 18.5. The lowest BCUT2D eigenvalue weighted by molar-refractivity contribution is -0.118. The van der Waals surface area contributed by atoms with E-state index in [4.69, 9.17) is 0 Å². The molecular formula is C26H31N3O4S. The molecule has 34 heavy (non-hydrogen) atoms. The molecule has 8 heteroatoms. The minimum Gasteiger partial charge on any atom is -0.340 e. The molecule has 0 spiro atoms. The lowest BCUT2D eigenvalue weighted by Crippen LogP contribution is -2.47. The average molecular weight is 482 g/mol. The minimum atomic E-state index is -3.71. The SMILES string of the molecule is CCN(CC)S(=O)(=O)c1cccc(C(=O)N[C@@H](C(=O)Nc2cccc3ccccc23)C(C)C)c1. The van der Waals surface area contributed by atoms with Gasteiger partial charge in [-0.15, -0.1) is 0 Å². The Balaban J connectivity index is 1.82. The predicted molar refractivity (Wildman–Crippen MR) is 135 cm³/mol. The van der Waals surface area contributed by atoms with E-state index in [1.807, 2.05) is 56.3 Å². The second-order valence-corrected chi connectivity index (χ2v) is 10.3. The largest absolute Gasteiger partial charge is 0.340 e. The fraction of sp³-hybridized carbons (Fsp3) is 0.308. The van der Waals surface area contributed by atoms with Crippen molar-refractivity contribution in [3.63, 3.8) is 0 Å². The van der Waals surface area contributed by atoms with Crippen LogP contribution in [0.5, 0.6) is 0 Å². The van der Waals surface area contributed by atoms with E-state index >= 15 is 0 Å². The van der Waals surface area contributed by atoms with Gasteiger partial charge < -0.3 is 10.6 Å². The number of fused-ring (bicyclic) bond motifs is 1. The summed E-state index contributed by atoms with van der Waals surface area (Å²) in [5.74, 6) is -1.04. The summed E-state index contributed by atoms with van der Waals surface area (Å²) in [6.45, 7) is 7.88. The van der Waals surface area contributed by atoms with Gasteiger partial charge in [0.05, 0.1) is 4.90 Å². The first-order valence-corrected chi connectivity index (χ1v) is 12.8. The summed E-state index contributed by atoms with van der Waals surface area (Å²) in [7, 11) is -3.71. The van der Waals surface area contributed by atoms with E-state index in [-0.39, 0.29) is 22.3 Å². The molecule has 2 N–H and O–H groups in total. The summed E-state index contributed by atoms with van der Waals surface area (Å²) in [6.07, 6.45) is 0. The standard InChI is InChI=1S/C26H31N3O4S/c1-5-29(6-2)34(32,33)21-14-9-13-20(17-21)25(30)28-24(18(3)4)26(31)27-23-16-10-12-19-11-7-8-15-22(19)23/h7-18,24H,5-6H2,1-4H3,(H,27,31)(H,28,30)/t24-/m1/s1. The number of benzene rings is 3. The Kier molecular flexibility index (Phi) is 8.06. The van der Waals surface area contributed by atoms with Crippen molar-refractivity contribution < 1.29 is 18.0 Å². The number of sulfonamides is 1. The van der Waals surface area contributed by atoms with Crippen LogP contribution in [0, 0.1) is 5.92 Å². The highest BCUT2D eigenvalue weighted by Crippen LogP contribution is 2.24. The molecule has 0 aliphatic carbocycles. The zero-order chi connectivity index (χ0) is 24.9. The van der Waals surface area contributed by atoms with Crippen LogP contribution >= 0.6 is 0 Å². The van der Waals surface area contributed by atoms with Crippen LogP contribution in [0.25, 0.3) is 10.8 Å². The molecule has 0 radical (unpaired) electrons. The molecule has 3 rings (SSSR count). The molecule has 0 saturated heterocycles. The number of hydrogen-bond donors (Lipinski definition) is 2. The third-order valence-electron chi connectivity index (χ3n) is 5.72. The lowest BCUT2D eigenvalue weighted by atomic mass is 10.0. The van der Waals surface area contributed by atoms with Gasteiger partial charge in [-0.05, 0) is 35.6 Å². The molecule has 0 aromatic heterocycles. The van der Waals surface area contributed by atoms with Crippen molar-refractivity contribution in [2.45, 2.75) is 38.6 Å². The average Bonchev–Trinajstić information content (AvgIpc) is 2.83. The van der Waals surface area contributed by atoms with Crippen LogP contribution in [-0.2, 0) is 14.8 Å². The number of hydrogen-bond acceptors (Lipinski definition) is 4. The highest BCUT2D eigenvalue weighted by Gasteiger charge is 2.27. The van der Waals surface area contributed by atoms with Crippen molar-refractivity contribution in [2.75, 3.05) is 18.4 Å². The second-order valence-electron chi connectivity index (χ2n) is 8.33. The van der Waals surface area contributed by atoms with Crippen LogP contribution in [-0.4, -0.2) is 43.7 Å². The maximum absolute atomic E-state index is 13.1. The minimum absolute atomic E-state index is 0.0464. The van der Waals surface area contributed by atoms with Gasteiger partial charge in [-0.1, -0.05) is 70.2 Å². The van der Waals surface area contributed by atoms with E-state index in [0.29, 0.717) is 18.8 Å². The van der Waals surface area contributed by atoms with E-state index in [1.54, 1.807) is 13.8 Å². The number of anilines is 1. The molecule has 180 valence electrons. The van der Waals surface area contributed by atoms with Crippen molar-refractivity contribution in [3.05, 3.63) is 72.3 Å². The number of rotatable bonds is 9. The summed E-state index contributed by atoms with van der Waals surface area (Å²) in [4.78, 5) is 26.2. The van der Waals surface area contributed by atoms with Crippen molar-refractivity contribution in [1.29, 1.82) is 0 Å². The third-order valence-corrected chi connectivity index (χ3v) is 7.77. The quantitative estimate of drug-likeness (QED) is 0.477. The van der Waals surface area contributed by atoms with Gasteiger partial charge >= 0.3 is 0 Å². The Morgan fingerprint density at radius 3 is 2.24 bits per heavy atom. The molecule has 7 nitrogen and oxygen atoms in total. The first kappa shape index (κ1) is 25.4. The zero-order valence-corrected chi connectivity index (χ0v) is 20.7. The van der Waals surface area contributed by atoms with Crippen molar-refractivity contribution in [2.24, 2.45) is 5.92 Å². The van der Waals surface area contributed by atoms with Gasteiger partial charge in [0, 0.05) is 29.7 Å². The Morgan fingerprint density at radius 1 is 0.912 bits per heavy atom. The maximum Gasteiger partial charge on any atom is 0.251 e. The number of nitrogens with one attached hydrogen (secondary N) is 2. The van der Waals surface area contributed by atoms with Gasteiger partial charge in [-0.25, -0.2) is 8.42 Å². The molecule has 0 fully saturated rings. The molecular weight excluding hydrogens is 450 g/mol. The molecule has 0 aliphatic rings. The molecule has 0 heterocycles. The van der Waals surface area contributed by atoms with Crippen LogP contribution in [0.4, 0.5) is 5.69 Å². The normalized spacial score (nSPS) is 12.6. The summed E-state index contributed by atoms with van der Waals surface area (Å²) >= 11 is 0. The van der Waals surface area contributed by atoms with Gasteiger partial charge in [0.15, 0.2) is 0 Å². The molecule has 0 saturated carbocycles. The Hall–Kier alpha value is -3.23. The summed E-state index contributed by atoms with van der Waals surface area (Å²) in [5.41, 5.74) is 0.840. The number of carbonyl (C=O) groups is 2. The topological polar surface area (TPSA) is 95.6 Å². The fourth-order valence-electron chi connectivity index (χ4n) is 3.81. The van der Waals surface area contributed by atoms with E-state index < -0.39 is 22.0 Å². The van der Waals surface area contributed by atoms with Crippen LogP contribution in [0.15, 0.2) is 71.6 Å². The van der Waals surface area contributed by atoms with Crippen LogP contribution < -0.4 is 10.6 Å². The monoisotopic (exact) mass is 481 g/mol. The molecule has 0 bridgehead atoms.